The van der Waals surface area contributed by atoms with Crippen LogP contribution in [0.25, 0.3) is 0 Å². The predicted octanol–water partition coefficient (Wildman–Crippen LogP) is 3.02. The molecule has 0 amide bonds. The summed E-state index contributed by atoms with van der Waals surface area (Å²) in [6.07, 6.45) is 0. The Morgan fingerprint density at radius 2 is 0.800 bits per heavy atom. The Morgan fingerprint density at radius 3 is 0.867 bits per heavy atom. The van der Waals surface area contributed by atoms with E-state index in [1.807, 2.05) is 27.7 Å². The molecule has 0 aromatic heterocycles. The molecule has 1 rings (SSSR count). The molecule has 0 aliphatic carbocycles. The van der Waals surface area contributed by atoms with Crippen molar-refractivity contribution in [3.63, 3.8) is 0 Å². The molecule has 3 heteroatoms. The van der Waals surface area contributed by atoms with Gasteiger partial charge >= 0.3 is 0 Å². The van der Waals surface area contributed by atoms with Gasteiger partial charge in [-0.25, -0.2) is 8.42 Å². The maximum Gasteiger partial charge on any atom is 0.161 e. The van der Waals surface area contributed by atoms with Crippen molar-refractivity contribution in [2.45, 2.75) is 64.9 Å². The first-order chi connectivity index (χ1) is 6.25. The van der Waals surface area contributed by atoms with Crippen LogP contribution in [0.5, 0.6) is 0 Å². The van der Waals surface area contributed by atoms with Crippen molar-refractivity contribution in [1.29, 1.82) is 0 Å². The van der Waals surface area contributed by atoms with Gasteiger partial charge in [-0.15, -0.1) is 0 Å². The standard InChI is InChI=1S/C12H24O2S/c1-9(2)10(3,4)12(7,8)15(13,14)11(9,5)6/h1-8H3. The first kappa shape index (κ1) is 13.0. The van der Waals surface area contributed by atoms with Gasteiger partial charge in [0.1, 0.15) is 0 Å². The smallest absolute Gasteiger partial charge is 0.161 e. The van der Waals surface area contributed by atoms with Crippen LogP contribution < -0.4 is 0 Å². The Labute approximate surface area is 94.4 Å². The normalized spacial score (nSPS) is 33.9. The van der Waals surface area contributed by atoms with Crippen molar-refractivity contribution >= 4 is 9.84 Å². The Kier molecular flexibility index (Phi) is 2.26. The summed E-state index contributed by atoms with van der Waals surface area (Å²) in [4.78, 5) is 0. The maximum atomic E-state index is 12.6. The van der Waals surface area contributed by atoms with Gasteiger partial charge in [-0.3, -0.25) is 0 Å². The zero-order valence-corrected chi connectivity index (χ0v) is 12.0. The summed E-state index contributed by atoms with van der Waals surface area (Å²) < 4.78 is 23.8. The maximum absolute atomic E-state index is 12.6. The quantitative estimate of drug-likeness (QED) is 0.643. The Balaban J connectivity index is 3.71. The molecule has 1 saturated heterocycles. The van der Waals surface area contributed by atoms with Crippen LogP contribution in [0.3, 0.4) is 0 Å². The summed E-state index contributed by atoms with van der Waals surface area (Å²) in [5.41, 5.74) is -0.468. The molecule has 2 nitrogen and oxygen atoms in total. The number of hydrogen-bond acceptors (Lipinski definition) is 2. The van der Waals surface area contributed by atoms with E-state index in [0.717, 1.165) is 0 Å². The largest absolute Gasteiger partial charge is 0.228 e. The fourth-order valence-electron chi connectivity index (χ4n) is 2.81. The summed E-state index contributed by atoms with van der Waals surface area (Å²) in [7, 11) is -3.12. The van der Waals surface area contributed by atoms with Gasteiger partial charge in [-0.05, 0) is 38.5 Å². The molecule has 1 fully saturated rings. The minimum Gasteiger partial charge on any atom is -0.228 e. The van der Waals surface area contributed by atoms with Crippen molar-refractivity contribution in [1.82, 2.24) is 0 Å². The second-order valence-corrected chi connectivity index (χ2v) is 9.82. The molecule has 0 radical (unpaired) electrons. The van der Waals surface area contributed by atoms with Gasteiger partial charge in [-0.2, -0.15) is 0 Å². The van der Waals surface area contributed by atoms with Crippen LogP contribution in [-0.4, -0.2) is 17.9 Å². The lowest BCUT2D eigenvalue weighted by Gasteiger charge is -2.44. The number of sulfone groups is 1. The van der Waals surface area contributed by atoms with Gasteiger partial charge in [0.15, 0.2) is 9.84 Å². The van der Waals surface area contributed by atoms with Gasteiger partial charge in [0.05, 0.1) is 9.49 Å². The summed E-state index contributed by atoms with van der Waals surface area (Å²) >= 11 is 0. The van der Waals surface area contributed by atoms with E-state index in [2.05, 4.69) is 27.7 Å². The summed E-state index contributed by atoms with van der Waals surface area (Å²) in [6.45, 7) is 15.7. The van der Waals surface area contributed by atoms with Crippen molar-refractivity contribution in [2.24, 2.45) is 10.8 Å². The van der Waals surface area contributed by atoms with Gasteiger partial charge in [-0.1, -0.05) is 27.7 Å². The predicted molar refractivity (Wildman–Crippen MR) is 64.6 cm³/mol. The Bertz CT molecular complexity index is 352. The van der Waals surface area contributed by atoms with Gasteiger partial charge < -0.3 is 0 Å². The summed E-state index contributed by atoms with van der Waals surface area (Å²) in [6, 6.07) is 0. The average molecular weight is 232 g/mol. The number of rotatable bonds is 0. The third-order valence-corrected chi connectivity index (χ3v) is 9.62. The second-order valence-electron chi connectivity index (χ2n) is 6.77. The fraction of sp³-hybridized carbons (Fsp3) is 1.00. The van der Waals surface area contributed by atoms with E-state index in [9.17, 15) is 8.42 Å². The number of hydrogen-bond donors (Lipinski definition) is 0. The first-order valence-corrected chi connectivity index (χ1v) is 6.97. The van der Waals surface area contributed by atoms with Crippen molar-refractivity contribution in [3.8, 4) is 0 Å². The van der Waals surface area contributed by atoms with Crippen molar-refractivity contribution < 1.29 is 8.42 Å². The molecule has 1 heterocycles. The van der Waals surface area contributed by atoms with Crippen LogP contribution in [0, 0.1) is 10.8 Å². The molecular weight excluding hydrogens is 208 g/mol. The SMILES string of the molecule is CC1(C)C(C)(C)C(C)(C)S(=O)(=O)C1(C)C. The molecule has 0 aromatic carbocycles. The third kappa shape index (κ3) is 0.986. The molecule has 0 atom stereocenters. The van der Waals surface area contributed by atoms with E-state index in [1.165, 1.54) is 0 Å². The highest BCUT2D eigenvalue weighted by molar-refractivity contribution is 7.94. The Morgan fingerprint density at radius 1 is 0.600 bits per heavy atom. The molecule has 0 aromatic rings. The molecule has 0 saturated carbocycles. The van der Waals surface area contributed by atoms with Crippen molar-refractivity contribution in [3.05, 3.63) is 0 Å². The van der Waals surface area contributed by atoms with E-state index >= 15 is 0 Å². The molecule has 15 heavy (non-hydrogen) atoms. The Hall–Kier alpha value is -0.0500. The van der Waals surface area contributed by atoms with E-state index in [4.69, 9.17) is 0 Å². The van der Waals surface area contributed by atoms with Gasteiger partial charge in [0, 0.05) is 0 Å². The monoisotopic (exact) mass is 232 g/mol. The van der Waals surface area contributed by atoms with Crippen LogP contribution in [0.15, 0.2) is 0 Å². The third-order valence-electron chi connectivity index (χ3n) is 5.92. The van der Waals surface area contributed by atoms with Gasteiger partial charge in [0.25, 0.3) is 0 Å². The zero-order chi connectivity index (χ0) is 12.5. The molecular formula is C12H24O2S. The highest BCUT2D eigenvalue weighted by Gasteiger charge is 2.72. The van der Waals surface area contributed by atoms with Crippen LogP contribution in [0.1, 0.15) is 55.4 Å². The van der Waals surface area contributed by atoms with Gasteiger partial charge in [0.2, 0.25) is 0 Å². The lowest BCUT2D eigenvalue weighted by atomic mass is 9.57. The lowest BCUT2D eigenvalue weighted by molar-refractivity contribution is 0.0698. The van der Waals surface area contributed by atoms with E-state index in [-0.39, 0.29) is 10.8 Å². The topological polar surface area (TPSA) is 34.1 Å². The zero-order valence-electron chi connectivity index (χ0n) is 11.2. The minimum absolute atomic E-state index is 0.234. The van der Waals surface area contributed by atoms with Crippen molar-refractivity contribution in [2.75, 3.05) is 0 Å². The van der Waals surface area contributed by atoms with Crippen LogP contribution in [0.2, 0.25) is 0 Å². The van der Waals surface area contributed by atoms with E-state index in [1.54, 1.807) is 0 Å². The minimum atomic E-state index is -3.12. The van der Waals surface area contributed by atoms with Crippen LogP contribution in [0.4, 0.5) is 0 Å². The van der Waals surface area contributed by atoms with E-state index in [0.29, 0.717) is 0 Å². The van der Waals surface area contributed by atoms with Crippen LogP contribution >= 0.6 is 0 Å². The average Bonchev–Trinajstić information content (AvgIpc) is 2.04. The molecule has 0 spiro atoms. The molecule has 0 unspecified atom stereocenters. The van der Waals surface area contributed by atoms with Crippen LogP contribution in [-0.2, 0) is 9.84 Å². The first-order valence-electron chi connectivity index (χ1n) is 5.49. The molecule has 1 aliphatic heterocycles. The molecule has 1 aliphatic rings. The second kappa shape index (κ2) is 2.61. The summed E-state index contributed by atoms with van der Waals surface area (Å²) in [5, 5.41) is 0. The molecule has 0 N–H and O–H groups in total. The lowest BCUT2D eigenvalue weighted by Crippen LogP contribution is -2.45. The molecule has 90 valence electrons. The fourth-order valence-corrected chi connectivity index (χ4v) is 5.94. The highest BCUT2D eigenvalue weighted by atomic mass is 32.2. The summed E-state index contributed by atoms with van der Waals surface area (Å²) in [5.74, 6) is 0. The molecule has 0 bridgehead atoms. The van der Waals surface area contributed by atoms with E-state index < -0.39 is 19.3 Å². The highest BCUT2D eigenvalue weighted by Crippen LogP contribution is 2.65.